The molecule has 7 nitrogen and oxygen atoms in total. The number of ether oxygens (including phenoxy) is 2. The Balaban J connectivity index is 1.61. The predicted octanol–water partition coefficient (Wildman–Crippen LogP) is 4.21. The third-order valence-corrected chi connectivity index (χ3v) is 6.81. The van der Waals surface area contributed by atoms with Gasteiger partial charge in [-0.25, -0.2) is 4.79 Å². The smallest absolute Gasteiger partial charge is 0.394 e. The normalized spacial score (nSPS) is 19.7. The van der Waals surface area contributed by atoms with E-state index < -0.39 is 53.6 Å². The molecule has 39 heavy (non-hydrogen) atoms. The molecule has 0 unspecified atom stereocenters. The SMILES string of the molecule is O=c1[nH]c(=O)n([C@H]2C[C@H](OC(c3ccccc3)(c3ccccc3)c3ccccc3)[C@@H](CO)O2)cc1C(F)(F)F. The minimum Gasteiger partial charge on any atom is -0.394 e. The quantitative estimate of drug-likeness (QED) is 0.344. The Bertz CT molecular complexity index is 1430. The molecule has 0 spiro atoms. The molecule has 1 aliphatic rings. The zero-order valence-corrected chi connectivity index (χ0v) is 20.5. The van der Waals surface area contributed by atoms with Gasteiger partial charge >= 0.3 is 11.9 Å². The number of benzene rings is 3. The largest absolute Gasteiger partial charge is 0.423 e. The van der Waals surface area contributed by atoms with Crippen molar-refractivity contribution in [2.24, 2.45) is 0 Å². The van der Waals surface area contributed by atoms with Crippen molar-refractivity contribution in [1.29, 1.82) is 0 Å². The van der Waals surface area contributed by atoms with E-state index in [9.17, 15) is 27.9 Å². The molecule has 1 saturated heterocycles. The van der Waals surface area contributed by atoms with Gasteiger partial charge in [0.1, 0.15) is 23.5 Å². The first-order valence-corrected chi connectivity index (χ1v) is 12.3. The van der Waals surface area contributed by atoms with Gasteiger partial charge in [-0.2, -0.15) is 13.2 Å². The third kappa shape index (κ3) is 5.06. The number of halogens is 3. The molecule has 5 rings (SSSR count). The van der Waals surface area contributed by atoms with Gasteiger partial charge in [-0.1, -0.05) is 91.0 Å². The lowest BCUT2D eigenvalue weighted by atomic mass is 9.79. The zero-order chi connectivity index (χ0) is 27.6. The third-order valence-electron chi connectivity index (χ3n) is 6.81. The number of aromatic amines is 1. The second-order valence-corrected chi connectivity index (χ2v) is 9.19. The molecule has 0 saturated carbocycles. The van der Waals surface area contributed by atoms with E-state index in [4.69, 9.17) is 9.47 Å². The number of nitrogens with zero attached hydrogens (tertiary/aromatic N) is 1. The number of aliphatic hydroxyl groups excluding tert-OH is 1. The van der Waals surface area contributed by atoms with Gasteiger partial charge in [0.25, 0.3) is 5.56 Å². The maximum atomic E-state index is 13.4. The lowest BCUT2D eigenvalue weighted by molar-refractivity contribution is -0.139. The number of nitrogens with one attached hydrogen (secondary N) is 1. The highest BCUT2D eigenvalue weighted by Crippen LogP contribution is 2.44. The fourth-order valence-electron chi connectivity index (χ4n) is 5.01. The lowest BCUT2D eigenvalue weighted by Crippen LogP contribution is -2.40. The zero-order valence-electron chi connectivity index (χ0n) is 20.5. The standard InChI is InChI=1S/C29H25F3N2O5/c30-29(31,32)22-17-34(27(37)33-26(22)36)25-16-23(24(18-35)38-25)39-28(19-10-4-1-5-11-19,20-12-6-2-7-13-20)21-14-8-3-9-15-21/h1-15,17,23-25,35H,16,18H2,(H,33,36,37)/t23-,24+,25+/m0/s1. The molecule has 10 heteroatoms. The molecule has 2 heterocycles. The van der Waals surface area contributed by atoms with Gasteiger partial charge in [0.05, 0.1) is 12.7 Å². The van der Waals surface area contributed by atoms with Gasteiger partial charge in [-0.3, -0.25) is 14.3 Å². The summed E-state index contributed by atoms with van der Waals surface area (Å²) in [5.41, 5.74) is -2.97. The molecule has 3 aromatic carbocycles. The monoisotopic (exact) mass is 538 g/mol. The molecule has 1 fully saturated rings. The Morgan fingerprint density at radius 3 is 1.79 bits per heavy atom. The first-order valence-electron chi connectivity index (χ1n) is 12.3. The van der Waals surface area contributed by atoms with Crippen molar-refractivity contribution in [2.75, 3.05) is 6.61 Å². The van der Waals surface area contributed by atoms with E-state index in [1.54, 1.807) is 4.98 Å². The fourth-order valence-corrected chi connectivity index (χ4v) is 5.01. The van der Waals surface area contributed by atoms with Crippen LogP contribution < -0.4 is 11.2 Å². The second-order valence-electron chi connectivity index (χ2n) is 9.19. The number of aliphatic hydroxyl groups is 1. The molecule has 2 N–H and O–H groups in total. The van der Waals surface area contributed by atoms with E-state index in [0.29, 0.717) is 10.8 Å². The summed E-state index contributed by atoms with van der Waals surface area (Å²) < 4.78 is 53.6. The average molecular weight is 539 g/mol. The molecule has 0 bridgehead atoms. The van der Waals surface area contributed by atoms with Crippen molar-refractivity contribution in [3.63, 3.8) is 0 Å². The average Bonchev–Trinajstić information content (AvgIpc) is 3.34. The Labute approximate surface area is 221 Å². The summed E-state index contributed by atoms with van der Waals surface area (Å²) in [6, 6.07) is 28.3. The highest BCUT2D eigenvalue weighted by Gasteiger charge is 2.46. The van der Waals surface area contributed by atoms with Crippen LogP contribution in [0.15, 0.2) is 107 Å². The minimum absolute atomic E-state index is 0.0667. The number of hydrogen-bond donors (Lipinski definition) is 2. The van der Waals surface area contributed by atoms with Crippen molar-refractivity contribution >= 4 is 0 Å². The van der Waals surface area contributed by atoms with Crippen molar-refractivity contribution in [3.05, 3.63) is 140 Å². The van der Waals surface area contributed by atoms with Crippen molar-refractivity contribution in [3.8, 4) is 0 Å². The summed E-state index contributed by atoms with van der Waals surface area (Å²) in [5.74, 6) is 0. The van der Waals surface area contributed by atoms with E-state index in [-0.39, 0.29) is 6.42 Å². The van der Waals surface area contributed by atoms with Crippen LogP contribution in [0, 0.1) is 0 Å². The van der Waals surface area contributed by atoms with Crippen LogP contribution in [0.1, 0.15) is 34.9 Å². The van der Waals surface area contributed by atoms with Crippen LogP contribution in [0.4, 0.5) is 13.2 Å². The van der Waals surface area contributed by atoms with E-state index in [2.05, 4.69) is 0 Å². The van der Waals surface area contributed by atoms with E-state index in [1.165, 1.54) is 0 Å². The molecular formula is C29H25F3N2O5. The van der Waals surface area contributed by atoms with Gasteiger partial charge in [-0.05, 0) is 16.7 Å². The first-order chi connectivity index (χ1) is 18.7. The Kier molecular flexibility index (Phi) is 7.26. The first kappa shape index (κ1) is 26.6. The number of H-pyrrole nitrogens is 1. The summed E-state index contributed by atoms with van der Waals surface area (Å²) in [5, 5.41) is 10.2. The summed E-state index contributed by atoms with van der Waals surface area (Å²) in [7, 11) is 0. The van der Waals surface area contributed by atoms with Gasteiger partial charge in [0, 0.05) is 12.6 Å². The van der Waals surface area contributed by atoms with Crippen molar-refractivity contribution in [2.45, 2.75) is 36.6 Å². The van der Waals surface area contributed by atoms with Crippen LogP contribution in [0.25, 0.3) is 0 Å². The molecule has 1 aromatic heterocycles. The Morgan fingerprint density at radius 1 is 0.872 bits per heavy atom. The summed E-state index contributed by atoms with van der Waals surface area (Å²) >= 11 is 0. The highest BCUT2D eigenvalue weighted by atomic mass is 19.4. The van der Waals surface area contributed by atoms with E-state index in [1.807, 2.05) is 91.0 Å². The maximum Gasteiger partial charge on any atom is 0.423 e. The summed E-state index contributed by atoms with van der Waals surface area (Å²) in [6.07, 6.45) is -7.65. The molecule has 0 radical (unpaired) electrons. The summed E-state index contributed by atoms with van der Waals surface area (Å²) in [4.78, 5) is 26.0. The Hall–Kier alpha value is -3.99. The van der Waals surface area contributed by atoms with E-state index in [0.717, 1.165) is 16.7 Å². The maximum absolute atomic E-state index is 13.4. The fraction of sp³-hybridized carbons (Fsp3) is 0.241. The van der Waals surface area contributed by atoms with Gasteiger partial charge < -0.3 is 14.6 Å². The number of rotatable bonds is 7. The highest BCUT2D eigenvalue weighted by molar-refractivity contribution is 5.47. The number of hydrogen-bond acceptors (Lipinski definition) is 5. The minimum atomic E-state index is -4.98. The van der Waals surface area contributed by atoms with Crippen LogP contribution in [0.2, 0.25) is 0 Å². The number of alkyl halides is 3. The second kappa shape index (κ2) is 10.6. The molecular weight excluding hydrogens is 513 g/mol. The van der Waals surface area contributed by atoms with Crippen molar-refractivity contribution < 1.29 is 27.8 Å². The molecule has 0 amide bonds. The van der Waals surface area contributed by atoms with Gasteiger partial charge in [0.2, 0.25) is 0 Å². The van der Waals surface area contributed by atoms with Crippen LogP contribution in [0.3, 0.4) is 0 Å². The predicted molar refractivity (Wildman–Crippen MR) is 136 cm³/mol. The molecule has 4 aromatic rings. The van der Waals surface area contributed by atoms with E-state index >= 15 is 0 Å². The van der Waals surface area contributed by atoms with Crippen LogP contribution in [-0.2, 0) is 21.3 Å². The van der Waals surface area contributed by atoms with Crippen molar-refractivity contribution in [1.82, 2.24) is 9.55 Å². The number of aromatic nitrogens is 2. The Morgan fingerprint density at radius 2 is 1.36 bits per heavy atom. The molecule has 0 aliphatic carbocycles. The summed E-state index contributed by atoms with van der Waals surface area (Å²) in [6.45, 7) is -0.514. The van der Waals surface area contributed by atoms with Crippen LogP contribution >= 0.6 is 0 Å². The van der Waals surface area contributed by atoms with Gasteiger partial charge in [0.15, 0.2) is 0 Å². The van der Waals surface area contributed by atoms with Gasteiger partial charge in [-0.15, -0.1) is 0 Å². The lowest BCUT2D eigenvalue weighted by Gasteiger charge is -2.39. The molecule has 202 valence electrons. The molecule has 3 atom stereocenters. The van der Waals surface area contributed by atoms with Crippen LogP contribution in [0.5, 0.6) is 0 Å². The van der Waals surface area contributed by atoms with Crippen LogP contribution in [-0.4, -0.2) is 33.5 Å². The topological polar surface area (TPSA) is 93.6 Å². The molecule has 1 aliphatic heterocycles.